The molecule has 0 aliphatic heterocycles. The number of carbonyl (C=O) groups excluding carboxylic acids is 1. The summed E-state index contributed by atoms with van der Waals surface area (Å²) in [5, 5.41) is 2.47. The number of hydrogen-bond donors (Lipinski definition) is 2. The fraction of sp³-hybridized carbons (Fsp3) is 0.500. The van der Waals surface area contributed by atoms with E-state index in [0.29, 0.717) is 4.91 Å². The highest BCUT2D eigenvalue weighted by Crippen LogP contribution is 2.06. The monoisotopic (exact) mass is 145 g/mol. The average molecular weight is 145 g/mol. The van der Waals surface area contributed by atoms with Gasteiger partial charge in [-0.15, -0.1) is 12.6 Å². The van der Waals surface area contributed by atoms with Gasteiger partial charge in [0.15, 0.2) is 0 Å². The van der Waals surface area contributed by atoms with Crippen molar-refractivity contribution in [2.45, 2.75) is 13.8 Å². The molecule has 1 N–H and O–H groups in total. The molecule has 0 unspecified atom stereocenters. The van der Waals surface area contributed by atoms with Crippen LogP contribution in [0, 0.1) is 0 Å². The van der Waals surface area contributed by atoms with Crippen LogP contribution in [0.4, 0.5) is 0 Å². The van der Waals surface area contributed by atoms with Gasteiger partial charge in [0.25, 0.3) is 5.91 Å². The minimum absolute atomic E-state index is 0.127. The lowest BCUT2D eigenvalue weighted by Crippen LogP contribution is -2.18. The molecule has 0 bridgehead atoms. The van der Waals surface area contributed by atoms with Crippen LogP contribution in [0.2, 0.25) is 0 Å². The number of thiol groups is 1. The van der Waals surface area contributed by atoms with E-state index in [4.69, 9.17) is 0 Å². The second kappa shape index (κ2) is 3.56. The van der Waals surface area contributed by atoms with E-state index in [0.717, 1.165) is 5.57 Å². The average Bonchev–Trinajstić information content (AvgIpc) is 1.84. The summed E-state index contributed by atoms with van der Waals surface area (Å²) >= 11 is 3.97. The predicted molar refractivity (Wildman–Crippen MR) is 41.4 cm³/mol. The van der Waals surface area contributed by atoms with Gasteiger partial charge in [0.2, 0.25) is 0 Å². The number of carbonyl (C=O) groups is 1. The van der Waals surface area contributed by atoms with Gasteiger partial charge in [-0.2, -0.15) is 0 Å². The Hall–Kier alpha value is -0.440. The van der Waals surface area contributed by atoms with Crippen molar-refractivity contribution in [2.24, 2.45) is 0 Å². The summed E-state index contributed by atoms with van der Waals surface area (Å²) in [5.74, 6) is -0.127. The summed E-state index contributed by atoms with van der Waals surface area (Å²) in [6.07, 6.45) is 0. The van der Waals surface area contributed by atoms with Crippen molar-refractivity contribution in [3.63, 3.8) is 0 Å². The molecule has 52 valence electrons. The molecule has 0 saturated carbocycles. The van der Waals surface area contributed by atoms with E-state index in [1.54, 1.807) is 7.05 Å². The number of hydrogen-bond acceptors (Lipinski definition) is 2. The van der Waals surface area contributed by atoms with Crippen molar-refractivity contribution in [1.82, 2.24) is 5.32 Å². The van der Waals surface area contributed by atoms with E-state index in [1.165, 1.54) is 0 Å². The summed E-state index contributed by atoms with van der Waals surface area (Å²) in [7, 11) is 1.58. The Balaban J connectivity index is 4.21. The SMILES string of the molecule is CNC(=O)C(S)=C(C)C. The van der Waals surface area contributed by atoms with Gasteiger partial charge in [-0.1, -0.05) is 5.57 Å². The van der Waals surface area contributed by atoms with Crippen LogP contribution in [-0.2, 0) is 4.79 Å². The largest absolute Gasteiger partial charge is 0.355 e. The number of allylic oxidation sites excluding steroid dienone is 1. The van der Waals surface area contributed by atoms with Crippen LogP contribution in [-0.4, -0.2) is 13.0 Å². The molecule has 3 heteroatoms. The summed E-state index contributed by atoms with van der Waals surface area (Å²) in [5.41, 5.74) is 0.928. The third-order valence-corrected chi connectivity index (χ3v) is 1.57. The quantitative estimate of drug-likeness (QED) is 0.417. The van der Waals surface area contributed by atoms with Crippen LogP contribution >= 0.6 is 12.6 Å². The third-order valence-electron chi connectivity index (χ3n) is 0.916. The first-order valence-electron chi connectivity index (χ1n) is 2.68. The van der Waals surface area contributed by atoms with Crippen molar-refractivity contribution in [2.75, 3.05) is 7.05 Å². The highest BCUT2D eigenvalue weighted by Gasteiger charge is 2.01. The van der Waals surface area contributed by atoms with Crippen molar-refractivity contribution in [1.29, 1.82) is 0 Å². The molecule has 1 amide bonds. The molecule has 0 spiro atoms. The Bertz CT molecular complexity index is 147. The first-order valence-corrected chi connectivity index (χ1v) is 3.12. The normalized spacial score (nSPS) is 8.44. The highest BCUT2D eigenvalue weighted by molar-refractivity contribution is 7.85. The van der Waals surface area contributed by atoms with E-state index < -0.39 is 0 Å². The van der Waals surface area contributed by atoms with Gasteiger partial charge in [-0.3, -0.25) is 4.79 Å². The van der Waals surface area contributed by atoms with Gasteiger partial charge < -0.3 is 5.32 Å². The van der Waals surface area contributed by atoms with Gasteiger partial charge in [-0.05, 0) is 13.8 Å². The second-order valence-electron chi connectivity index (χ2n) is 1.93. The maximum Gasteiger partial charge on any atom is 0.257 e. The summed E-state index contributed by atoms with van der Waals surface area (Å²) in [4.78, 5) is 11.2. The molecule has 0 aliphatic carbocycles. The van der Waals surface area contributed by atoms with Gasteiger partial charge in [-0.25, -0.2) is 0 Å². The molecule has 0 fully saturated rings. The molecule has 0 aromatic carbocycles. The number of nitrogens with one attached hydrogen (secondary N) is 1. The minimum Gasteiger partial charge on any atom is -0.355 e. The van der Waals surface area contributed by atoms with Crippen molar-refractivity contribution >= 4 is 18.5 Å². The van der Waals surface area contributed by atoms with E-state index in [9.17, 15) is 4.79 Å². The van der Waals surface area contributed by atoms with Crippen LogP contribution in [0.25, 0.3) is 0 Å². The van der Waals surface area contributed by atoms with Crippen molar-refractivity contribution in [3.05, 3.63) is 10.5 Å². The second-order valence-corrected chi connectivity index (χ2v) is 2.37. The first kappa shape index (κ1) is 8.56. The molecule has 0 aliphatic rings. The molecule has 0 heterocycles. The van der Waals surface area contributed by atoms with E-state index in [2.05, 4.69) is 17.9 Å². The summed E-state index contributed by atoms with van der Waals surface area (Å²) in [6, 6.07) is 0. The number of amides is 1. The summed E-state index contributed by atoms with van der Waals surface area (Å²) < 4.78 is 0. The lowest BCUT2D eigenvalue weighted by atomic mass is 10.3. The predicted octanol–water partition coefficient (Wildman–Crippen LogP) is 0.956. The zero-order chi connectivity index (χ0) is 7.44. The molecule has 0 aromatic rings. The van der Waals surface area contributed by atoms with Crippen LogP contribution in [0.1, 0.15) is 13.8 Å². The molecular weight excluding hydrogens is 134 g/mol. The van der Waals surface area contributed by atoms with Crippen LogP contribution in [0.3, 0.4) is 0 Å². The van der Waals surface area contributed by atoms with Crippen molar-refractivity contribution in [3.8, 4) is 0 Å². The lowest BCUT2D eigenvalue weighted by molar-refractivity contribution is -0.116. The zero-order valence-electron chi connectivity index (χ0n) is 5.86. The Labute approximate surface area is 60.7 Å². The maximum atomic E-state index is 10.7. The standard InChI is InChI=1S/C6H11NOS/c1-4(2)5(9)6(8)7-3/h9H,1-3H3,(H,7,8). The first-order chi connectivity index (χ1) is 4.09. The third kappa shape index (κ3) is 2.56. The van der Waals surface area contributed by atoms with Gasteiger partial charge in [0, 0.05) is 7.05 Å². The molecule has 2 nitrogen and oxygen atoms in total. The fourth-order valence-corrected chi connectivity index (χ4v) is 0.457. The molecule has 0 atom stereocenters. The molecule has 0 rings (SSSR count). The Kier molecular flexibility index (Phi) is 3.39. The number of rotatable bonds is 1. The fourth-order valence-electron chi connectivity index (χ4n) is 0.345. The molecule has 0 saturated heterocycles. The van der Waals surface area contributed by atoms with E-state index in [-0.39, 0.29) is 5.91 Å². The van der Waals surface area contributed by atoms with Crippen molar-refractivity contribution < 1.29 is 4.79 Å². The lowest BCUT2D eigenvalue weighted by Gasteiger charge is -1.98. The van der Waals surface area contributed by atoms with E-state index >= 15 is 0 Å². The molecule has 9 heavy (non-hydrogen) atoms. The van der Waals surface area contributed by atoms with E-state index in [1.807, 2.05) is 13.8 Å². The topological polar surface area (TPSA) is 29.1 Å². The maximum absolute atomic E-state index is 10.7. The van der Waals surface area contributed by atoms with Gasteiger partial charge >= 0.3 is 0 Å². The highest BCUT2D eigenvalue weighted by atomic mass is 32.1. The Morgan fingerprint density at radius 1 is 1.44 bits per heavy atom. The molecular formula is C6H11NOS. The smallest absolute Gasteiger partial charge is 0.257 e. The molecule has 0 aromatic heterocycles. The van der Waals surface area contributed by atoms with Crippen LogP contribution in [0.15, 0.2) is 10.5 Å². The molecule has 0 radical (unpaired) electrons. The zero-order valence-corrected chi connectivity index (χ0v) is 6.75. The summed E-state index contributed by atoms with van der Waals surface area (Å²) in [6.45, 7) is 3.69. The van der Waals surface area contributed by atoms with Crippen LogP contribution in [0.5, 0.6) is 0 Å². The van der Waals surface area contributed by atoms with Crippen LogP contribution < -0.4 is 5.32 Å². The van der Waals surface area contributed by atoms with Gasteiger partial charge in [0.05, 0.1) is 4.91 Å². The minimum atomic E-state index is -0.127. The Morgan fingerprint density at radius 2 is 1.89 bits per heavy atom. The van der Waals surface area contributed by atoms with Gasteiger partial charge in [0.1, 0.15) is 0 Å². The number of likely N-dealkylation sites (N-methyl/N-ethyl adjacent to an activating group) is 1. The Morgan fingerprint density at radius 3 is 2.00 bits per heavy atom.